The van der Waals surface area contributed by atoms with E-state index in [4.69, 9.17) is 0 Å². The summed E-state index contributed by atoms with van der Waals surface area (Å²) in [5, 5.41) is 0.707. The quantitative estimate of drug-likeness (QED) is 0.691. The maximum Gasteiger partial charge on any atom is 0.163 e. The van der Waals surface area contributed by atoms with Gasteiger partial charge in [0.2, 0.25) is 0 Å². The van der Waals surface area contributed by atoms with Crippen molar-refractivity contribution in [1.29, 1.82) is 0 Å². The molecule has 1 aromatic heterocycles. The first-order valence-electron chi connectivity index (χ1n) is 3.33. The molecule has 0 aliphatic rings. The molecule has 0 radical (unpaired) electrons. The van der Waals surface area contributed by atoms with Gasteiger partial charge in [0.25, 0.3) is 0 Å². The zero-order valence-electron chi connectivity index (χ0n) is 5.96. The number of aromatic nitrogens is 2. The summed E-state index contributed by atoms with van der Waals surface area (Å²) < 4.78 is 13.7. The minimum absolute atomic E-state index is 0.338. The molecule has 1 heterocycles. The number of halogens is 2. The highest BCUT2D eigenvalue weighted by atomic mass is 79.9. The Balaban J connectivity index is 2.91. The van der Waals surface area contributed by atoms with Gasteiger partial charge in [-0.3, -0.25) is 0 Å². The molecule has 0 atom stereocenters. The van der Waals surface area contributed by atoms with Gasteiger partial charge in [0.15, 0.2) is 5.82 Å². The average molecular weight is 227 g/mol. The van der Waals surface area contributed by atoms with Crippen LogP contribution in [0.1, 0.15) is 0 Å². The topological polar surface area (TPSA) is 25.8 Å². The predicted octanol–water partition coefficient (Wildman–Crippen LogP) is 2.53. The Labute approximate surface area is 76.6 Å². The Morgan fingerprint density at radius 2 is 2.17 bits per heavy atom. The molecule has 0 fully saturated rings. The van der Waals surface area contributed by atoms with Crippen LogP contribution in [0, 0.1) is 5.82 Å². The third-order valence-electron chi connectivity index (χ3n) is 1.57. The van der Waals surface area contributed by atoms with Crippen molar-refractivity contribution < 1.29 is 4.39 Å². The van der Waals surface area contributed by atoms with Crippen LogP contribution in [-0.4, -0.2) is 9.97 Å². The molecule has 1 aromatic carbocycles. The van der Waals surface area contributed by atoms with Crippen LogP contribution in [0.25, 0.3) is 10.9 Å². The lowest BCUT2D eigenvalue weighted by Crippen LogP contribution is -1.86. The molecule has 0 bridgehead atoms. The highest BCUT2D eigenvalue weighted by Gasteiger charge is 2.04. The predicted molar refractivity (Wildman–Crippen MR) is 47.2 cm³/mol. The molecule has 0 aliphatic heterocycles. The van der Waals surface area contributed by atoms with Crippen molar-refractivity contribution in [2.24, 2.45) is 0 Å². The van der Waals surface area contributed by atoms with Crippen molar-refractivity contribution in [2.75, 3.05) is 0 Å². The largest absolute Gasteiger partial charge is 0.244 e. The van der Waals surface area contributed by atoms with Crippen molar-refractivity contribution >= 4 is 26.8 Å². The number of hydrogen-bond acceptors (Lipinski definition) is 2. The van der Waals surface area contributed by atoms with E-state index in [2.05, 4.69) is 25.9 Å². The van der Waals surface area contributed by atoms with Crippen LogP contribution < -0.4 is 0 Å². The number of hydrogen-bond donors (Lipinski definition) is 0. The molecule has 0 aliphatic carbocycles. The normalized spacial score (nSPS) is 10.5. The fourth-order valence-electron chi connectivity index (χ4n) is 0.995. The third-order valence-corrected chi connectivity index (χ3v) is 2.18. The maximum absolute atomic E-state index is 13.3. The minimum atomic E-state index is -0.338. The summed E-state index contributed by atoms with van der Waals surface area (Å²) in [5.74, 6) is -0.338. The SMILES string of the molecule is Fc1c(Br)ccc2cncnc12. The van der Waals surface area contributed by atoms with Gasteiger partial charge >= 0.3 is 0 Å². The number of nitrogens with zero attached hydrogens (tertiary/aromatic N) is 2. The van der Waals surface area contributed by atoms with Gasteiger partial charge in [-0.25, -0.2) is 14.4 Å². The monoisotopic (exact) mass is 226 g/mol. The summed E-state index contributed by atoms with van der Waals surface area (Å²) in [6, 6.07) is 3.41. The zero-order valence-corrected chi connectivity index (χ0v) is 7.55. The second-order valence-corrected chi connectivity index (χ2v) is 3.18. The van der Waals surface area contributed by atoms with Crippen LogP contribution in [0.5, 0.6) is 0 Å². The van der Waals surface area contributed by atoms with Gasteiger partial charge < -0.3 is 0 Å². The average Bonchev–Trinajstić information content (AvgIpc) is 2.12. The van der Waals surface area contributed by atoms with E-state index in [1.54, 1.807) is 18.3 Å². The van der Waals surface area contributed by atoms with Crippen molar-refractivity contribution in [1.82, 2.24) is 9.97 Å². The molecule has 0 amide bonds. The third kappa shape index (κ3) is 1.08. The Morgan fingerprint density at radius 3 is 3.00 bits per heavy atom. The van der Waals surface area contributed by atoms with Crippen LogP contribution in [-0.2, 0) is 0 Å². The summed E-state index contributed by atoms with van der Waals surface area (Å²) in [6.45, 7) is 0. The van der Waals surface area contributed by atoms with E-state index in [-0.39, 0.29) is 5.82 Å². The van der Waals surface area contributed by atoms with E-state index in [0.717, 1.165) is 0 Å². The van der Waals surface area contributed by atoms with E-state index < -0.39 is 0 Å². The molecule has 60 valence electrons. The van der Waals surface area contributed by atoms with Gasteiger partial charge in [-0.1, -0.05) is 0 Å². The molecule has 0 unspecified atom stereocenters. The van der Waals surface area contributed by atoms with Gasteiger partial charge in [0, 0.05) is 11.6 Å². The van der Waals surface area contributed by atoms with Crippen LogP contribution in [0.15, 0.2) is 29.1 Å². The molecular weight excluding hydrogens is 223 g/mol. The van der Waals surface area contributed by atoms with Gasteiger partial charge in [-0.05, 0) is 28.1 Å². The first kappa shape index (κ1) is 7.61. The van der Waals surface area contributed by atoms with Crippen LogP contribution in [0.2, 0.25) is 0 Å². The van der Waals surface area contributed by atoms with Crippen LogP contribution in [0.3, 0.4) is 0 Å². The molecule has 12 heavy (non-hydrogen) atoms. The van der Waals surface area contributed by atoms with E-state index in [0.29, 0.717) is 15.4 Å². The summed E-state index contributed by atoms with van der Waals surface area (Å²) in [4.78, 5) is 7.62. The fourth-order valence-corrected chi connectivity index (χ4v) is 1.31. The lowest BCUT2D eigenvalue weighted by molar-refractivity contribution is 0.630. The van der Waals surface area contributed by atoms with Gasteiger partial charge in [-0.2, -0.15) is 0 Å². The standard InChI is InChI=1S/C8H4BrFN2/c9-6-2-1-5-3-11-4-12-8(5)7(6)10/h1-4H. The summed E-state index contributed by atoms with van der Waals surface area (Å²) in [6.07, 6.45) is 2.91. The molecule has 0 N–H and O–H groups in total. The van der Waals surface area contributed by atoms with Crippen LogP contribution >= 0.6 is 15.9 Å². The Hall–Kier alpha value is -1.03. The molecule has 2 aromatic rings. The van der Waals surface area contributed by atoms with Crippen LogP contribution in [0.4, 0.5) is 4.39 Å². The van der Waals surface area contributed by atoms with E-state index in [9.17, 15) is 4.39 Å². The Kier molecular flexibility index (Phi) is 1.77. The van der Waals surface area contributed by atoms with Crippen molar-refractivity contribution in [3.8, 4) is 0 Å². The maximum atomic E-state index is 13.3. The first-order chi connectivity index (χ1) is 5.79. The second-order valence-electron chi connectivity index (χ2n) is 2.32. The Morgan fingerprint density at radius 1 is 1.33 bits per heavy atom. The highest BCUT2D eigenvalue weighted by molar-refractivity contribution is 9.10. The van der Waals surface area contributed by atoms with E-state index in [1.807, 2.05) is 0 Å². The van der Waals surface area contributed by atoms with Crippen molar-refractivity contribution in [3.05, 3.63) is 34.9 Å². The summed E-state index contributed by atoms with van der Waals surface area (Å²) >= 11 is 3.08. The highest BCUT2D eigenvalue weighted by Crippen LogP contribution is 2.21. The fraction of sp³-hybridized carbons (Fsp3) is 0. The molecule has 0 saturated carbocycles. The Bertz CT molecular complexity index is 430. The van der Waals surface area contributed by atoms with Gasteiger partial charge in [-0.15, -0.1) is 0 Å². The molecule has 4 heteroatoms. The van der Waals surface area contributed by atoms with Gasteiger partial charge in [0.1, 0.15) is 11.8 Å². The van der Waals surface area contributed by atoms with Gasteiger partial charge in [0.05, 0.1) is 4.47 Å². The smallest absolute Gasteiger partial charge is 0.163 e. The lowest BCUT2D eigenvalue weighted by Gasteiger charge is -1.98. The zero-order chi connectivity index (χ0) is 8.55. The molecule has 2 rings (SSSR count). The minimum Gasteiger partial charge on any atom is -0.244 e. The van der Waals surface area contributed by atoms with E-state index >= 15 is 0 Å². The van der Waals surface area contributed by atoms with E-state index in [1.165, 1.54) is 6.33 Å². The van der Waals surface area contributed by atoms with Crippen molar-refractivity contribution in [3.63, 3.8) is 0 Å². The molecule has 0 saturated heterocycles. The number of benzene rings is 1. The number of rotatable bonds is 0. The summed E-state index contributed by atoms with van der Waals surface area (Å²) in [5.41, 5.74) is 0.347. The van der Waals surface area contributed by atoms with Crippen molar-refractivity contribution in [2.45, 2.75) is 0 Å². The summed E-state index contributed by atoms with van der Waals surface area (Å²) in [7, 11) is 0. The number of fused-ring (bicyclic) bond motifs is 1. The first-order valence-corrected chi connectivity index (χ1v) is 4.12. The second kappa shape index (κ2) is 2.79. The molecule has 2 nitrogen and oxygen atoms in total. The lowest BCUT2D eigenvalue weighted by atomic mass is 10.2. The molecular formula is C8H4BrFN2. The molecule has 0 spiro atoms.